The fourth-order valence-corrected chi connectivity index (χ4v) is 2.20. The van der Waals surface area contributed by atoms with Crippen molar-refractivity contribution in [1.82, 2.24) is 0 Å². The molecule has 0 amide bonds. The zero-order valence-corrected chi connectivity index (χ0v) is 11.5. The summed E-state index contributed by atoms with van der Waals surface area (Å²) in [6.07, 6.45) is 0. The number of alkyl halides is 1. The fourth-order valence-electron chi connectivity index (χ4n) is 1.61. The van der Waals surface area contributed by atoms with Crippen LogP contribution in [0.3, 0.4) is 0 Å². The second-order valence-electron chi connectivity index (χ2n) is 3.55. The first kappa shape index (κ1) is 12.5. The summed E-state index contributed by atoms with van der Waals surface area (Å²) in [5, 5.41) is 0. The molecule has 0 atom stereocenters. The Morgan fingerprint density at radius 3 is 2.65 bits per heavy atom. The molecule has 0 fully saturated rings. The van der Waals surface area contributed by atoms with Gasteiger partial charge in [-0.15, -0.1) is 11.6 Å². The molecule has 2 rings (SSSR count). The molecule has 0 saturated heterocycles. The molecular formula is C14H12BrClO. The van der Waals surface area contributed by atoms with Crippen molar-refractivity contribution in [3.63, 3.8) is 0 Å². The van der Waals surface area contributed by atoms with Crippen LogP contribution in [0.25, 0.3) is 11.1 Å². The van der Waals surface area contributed by atoms with E-state index in [1.54, 1.807) is 0 Å². The molecule has 0 heterocycles. The number of rotatable bonds is 4. The van der Waals surface area contributed by atoms with E-state index in [-0.39, 0.29) is 0 Å². The van der Waals surface area contributed by atoms with Gasteiger partial charge in [-0.1, -0.05) is 46.3 Å². The van der Waals surface area contributed by atoms with Gasteiger partial charge in [0, 0.05) is 4.47 Å². The molecule has 0 aliphatic heterocycles. The average molecular weight is 312 g/mol. The molecule has 0 bridgehead atoms. The van der Waals surface area contributed by atoms with Gasteiger partial charge in [0.25, 0.3) is 0 Å². The highest BCUT2D eigenvalue weighted by molar-refractivity contribution is 9.10. The van der Waals surface area contributed by atoms with E-state index in [1.165, 1.54) is 0 Å². The van der Waals surface area contributed by atoms with Gasteiger partial charge in [0.05, 0.1) is 5.88 Å². The molecule has 0 aliphatic rings. The minimum Gasteiger partial charge on any atom is -0.492 e. The van der Waals surface area contributed by atoms with Crippen LogP contribution < -0.4 is 4.74 Å². The number of halogens is 2. The van der Waals surface area contributed by atoms with Crippen LogP contribution in [0, 0.1) is 0 Å². The maximum Gasteiger partial charge on any atom is 0.119 e. The predicted molar refractivity (Wildman–Crippen MR) is 75.8 cm³/mol. The summed E-state index contributed by atoms with van der Waals surface area (Å²) in [6, 6.07) is 16.1. The van der Waals surface area contributed by atoms with E-state index in [1.807, 2.05) is 36.4 Å². The van der Waals surface area contributed by atoms with Gasteiger partial charge in [0.15, 0.2) is 0 Å². The maximum atomic E-state index is 5.60. The van der Waals surface area contributed by atoms with Crippen LogP contribution in [-0.2, 0) is 0 Å². The minimum absolute atomic E-state index is 0.499. The molecule has 2 aromatic carbocycles. The molecule has 0 unspecified atom stereocenters. The van der Waals surface area contributed by atoms with Gasteiger partial charge in [-0.05, 0) is 29.3 Å². The van der Waals surface area contributed by atoms with Crippen molar-refractivity contribution in [2.24, 2.45) is 0 Å². The maximum absolute atomic E-state index is 5.60. The summed E-state index contributed by atoms with van der Waals surface area (Å²) in [6.45, 7) is 0.529. The molecule has 0 spiro atoms. The van der Waals surface area contributed by atoms with Crippen LogP contribution >= 0.6 is 27.5 Å². The van der Waals surface area contributed by atoms with E-state index in [0.717, 1.165) is 21.3 Å². The number of benzene rings is 2. The number of hydrogen-bond acceptors (Lipinski definition) is 1. The molecule has 0 saturated carbocycles. The number of ether oxygens (including phenoxy) is 1. The van der Waals surface area contributed by atoms with Crippen molar-refractivity contribution in [3.8, 4) is 16.9 Å². The second kappa shape index (κ2) is 6.08. The van der Waals surface area contributed by atoms with Gasteiger partial charge in [-0.3, -0.25) is 0 Å². The standard InChI is InChI=1S/C14H12BrClO/c15-14-7-2-1-6-13(14)11-4-3-5-12(10-11)17-9-8-16/h1-7,10H,8-9H2. The molecule has 17 heavy (non-hydrogen) atoms. The molecule has 88 valence electrons. The lowest BCUT2D eigenvalue weighted by molar-refractivity contribution is 0.343. The normalized spacial score (nSPS) is 10.2. The lowest BCUT2D eigenvalue weighted by atomic mass is 10.1. The second-order valence-corrected chi connectivity index (χ2v) is 4.78. The Labute approximate surface area is 115 Å². The van der Waals surface area contributed by atoms with Gasteiger partial charge >= 0.3 is 0 Å². The third-order valence-corrected chi connectivity index (χ3v) is 3.21. The van der Waals surface area contributed by atoms with E-state index >= 15 is 0 Å². The highest BCUT2D eigenvalue weighted by Crippen LogP contribution is 2.30. The smallest absolute Gasteiger partial charge is 0.119 e. The van der Waals surface area contributed by atoms with E-state index in [4.69, 9.17) is 16.3 Å². The Kier molecular flexibility index (Phi) is 4.46. The van der Waals surface area contributed by atoms with Crippen LogP contribution in [0.5, 0.6) is 5.75 Å². The molecule has 0 radical (unpaired) electrons. The van der Waals surface area contributed by atoms with Crippen molar-refractivity contribution in [2.75, 3.05) is 12.5 Å². The molecule has 3 heteroatoms. The molecule has 1 nitrogen and oxygen atoms in total. The SMILES string of the molecule is ClCCOc1cccc(-c2ccccc2Br)c1. The van der Waals surface area contributed by atoms with Crippen LogP contribution in [0.2, 0.25) is 0 Å². The lowest BCUT2D eigenvalue weighted by Crippen LogP contribution is -1.97. The molecule has 0 aliphatic carbocycles. The monoisotopic (exact) mass is 310 g/mol. The zero-order chi connectivity index (χ0) is 12.1. The first-order valence-corrected chi connectivity index (χ1v) is 6.68. The van der Waals surface area contributed by atoms with E-state index in [9.17, 15) is 0 Å². The zero-order valence-electron chi connectivity index (χ0n) is 9.20. The van der Waals surface area contributed by atoms with Gasteiger partial charge in [0.2, 0.25) is 0 Å². The van der Waals surface area contributed by atoms with Crippen molar-refractivity contribution < 1.29 is 4.74 Å². The van der Waals surface area contributed by atoms with Crippen LogP contribution in [-0.4, -0.2) is 12.5 Å². The Morgan fingerprint density at radius 2 is 1.88 bits per heavy atom. The minimum atomic E-state index is 0.499. The van der Waals surface area contributed by atoms with Gasteiger partial charge in [-0.2, -0.15) is 0 Å². The average Bonchev–Trinajstić information content (AvgIpc) is 2.37. The van der Waals surface area contributed by atoms with Crippen LogP contribution in [0.1, 0.15) is 0 Å². The van der Waals surface area contributed by atoms with Gasteiger partial charge in [-0.25, -0.2) is 0 Å². The van der Waals surface area contributed by atoms with Gasteiger partial charge in [0.1, 0.15) is 12.4 Å². The largest absolute Gasteiger partial charge is 0.492 e. The summed E-state index contributed by atoms with van der Waals surface area (Å²) in [5.74, 6) is 1.35. The van der Waals surface area contributed by atoms with Crippen molar-refractivity contribution in [3.05, 3.63) is 53.0 Å². The Bertz CT molecular complexity index is 499. The quantitative estimate of drug-likeness (QED) is 0.741. The fraction of sp³-hybridized carbons (Fsp3) is 0.143. The summed E-state index contributed by atoms with van der Waals surface area (Å²) >= 11 is 9.15. The van der Waals surface area contributed by atoms with Crippen molar-refractivity contribution in [2.45, 2.75) is 0 Å². The molecular weight excluding hydrogens is 300 g/mol. The molecule has 2 aromatic rings. The summed E-state index contributed by atoms with van der Waals surface area (Å²) < 4.78 is 6.59. The third-order valence-electron chi connectivity index (χ3n) is 2.36. The summed E-state index contributed by atoms with van der Waals surface area (Å²) in [4.78, 5) is 0. The topological polar surface area (TPSA) is 9.23 Å². The lowest BCUT2D eigenvalue weighted by Gasteiger charge is -2.08. The van der Waals surface area contributed by atoms with E-state index in [0.29, 0.717) is 12.5 Å². The van der Waals surface area contributed by atoms with Gasteiger partial charge < -0.3 is 4.74 Å². The van der Waals surface area contributed by atoms with E-state index in [2.05, 4.69) is 28.1 Å². The van der Waals surface area contributed by atoms with E-state index < -0.39 is 0 Å². The first-order valence-electron chi connectivity index (χ1n) is 5.35. The summed E-state index contributed by atoms with van der Waals surface area (Å²) in [5.41, 5.74) is 2.29. The third kappa shape index (κ3) is 3.24. The van der Waals surface area contributed by atoms with Crippen molar-refractivity contribution >= 4 is 27.5 Å². The summed E-state index contributed by atoms with van der Waals surface area (Å²) in [7, 11) is 0. The molecule has 0 N–H and O–H groups in total. The predicted octanol–water partition coefficient (Wildman–Crippen LogP) is 4.73. The van der Waals surface area contributed by atoms with Crippen LogP contribution in [0.4, 0.5) is 0 Å². The highest BCUT2D eigenvalue weighted by atomic mass is 79.9. The first-order chi connectivity index (χ1) is 8.31. The van der Waals surface area contributed by atoms with Crippen molar-refractivity contribution in [1.29, 1.82) is 0 Å². The molecule has 0 aromatic heterocycles. The Morgan fingerprint density at radius 1 is 1.06 bits per heavy atom. The highest BCUT2D eigenvalue weighted by Gasteiger charge is 2.03. The Hall–Kier alpha value is -0.990. The van der Waals surface area contributed by atoms with Crippen LogP contribution in [0.15, 0.2) is 53.0 Å². The Balaban J connectivity index is 2.30. The number of hydrogen-bond donors (Lipinski definition) is 0.